The molecule has 27 heavy (non-hydrogen) atoms. The predicted molar refractivity (Wildman–Crippen MR) is 93.8 cm³/mol. The average Bonchev–Trinajstić information content (AvgIpc) is 3.30. The zero-order valence-electron chi connectivity index (χ0n) is 14.9. The molecule has 0 unspecified atom stereocenters. The lowest BCUT2D eigenvalue weighted by Crippen LogP contribution is -2.11. The van der Waals surface area contributed by atoms with Gasteiger partial charge in [-0.05, 0) is 39.0 Å². The zero-order chi connectivity index (χ0) is 19.0. The van der Waals surface area contributed by atoms with Gasteiger partial charge in [0.2, 0.25) is 5.89 Å². The van der Waals surface area contributed by atoms with Gasteiger partial charge in [0.15, 0.2) is 6.10 Å². The van der Waals surface area contributed by atoms with Crippen molar-refractivity contribution < 1.29 is 13.9 Å². The third-order valence-corrected chi connectivity index (χ3v) is 3.89. The van der Waals surface area contributed by atoms with E-state index >= 15 is 0 Å². The number of nitrogens with zero attached hydrogens (tertiary/aromatic N) is 6. The molecule has 3 heterocycles. The monoisotopic (exact) mass is 364 g/mol. The van der Waals surface area contributed by atoms with Gasteiger partial charge >= 0.3 is 5.97 Å². The molecule has 0 spiro atoms. The van der Waals surface area contributed by atoms with E-state index in [0.717, 1.165) is 17.0 Å². The second-order valence-electron chi connectivity index (χ2n) is 6.05. The summed E-state index contributed by atoms with van der Waals surface area (Å²) < 4.78 is 12.5. The van der Waals surface area contributed by atoms with Crippen LogP contribution in [0.1, 0.15) is 40.9 Å². The van der Waals surface area contributed by atoms with Gasteiger partial charge in [0.1, 0.15) is 0 Å². The minimum atomic E-state index is -0.745. The second kappa shape index (κ2) is 6.60. The van der Waals surface area contributed by atoms with Gasteiger partial charge < -0.3 is 9.15 Å². The van der Waals surface area contributed by atoms with Crippen LogP contribution < -0.4 is 0 Å². The number of hydrogen-bond acceptors (Lipinski definition) is 8. The number of hydrogen-bond donors (Lipinski definition) is 0. The molecule has 0 fully saturated rings. The predicted octanol–water partition coefficient (Wildman–Crippen LogP) is 2.71. The van der Waals surface area contributed by atoms with Crippen LogP contribution in [0.2, 0.25) is 0 Å². The van der Waals surface area contributed by atoms with E-state index in [0.29, 0.717) is 11.7 Å². The lowest BCUT2D eigenvalue weighted by atomic mass is 10.2. The number of esters is 1. The first-order valence-electron chi connectivity index (χ1n) is 8.32. The minimum absolute atomic E-state index is 0.0779. The maximum absolute atomic E-state index is 12.4. The average molecular weight is 364 g/mol. The SMILES string of the molecule is Cc1cc(C)n2nc(C(=O)O[C@H](C)c3nnc(-c4ccccc4)o3)nc2n1. The minimum Gasteiger partial charge on any atom is -0.447 e. The molecule has 0 aliphatic carbocycles. The molecule has 4 rings (SSSR count). The molecule has 9 heteroatoms. The van der Waals surface area contributed by atoms with Crippen LogP contribution in [0.4, 0.5) is 0 Å². The van der Waals surface area contributed by atoms with Crippen molar-refractivity contribution in [1.82, 2.24) is 29.8 Å². The van der Waals surface area contributed by atoms with Crippen molar-refractivity contribution in [3.63, 3.8) is 0 Å². The van der Waals surface area contributed by atoms with Crippen molar-refractivity contribution in [2.24, 2.45) is 0 Å². The lowest BCUT2D eigenvalue weighted by molar-refractivity contribution is 0.0266. The van der Waals surface area contributed by atoms with Gasteiger partial charge in [0.25, 0.3) is 17.5 Å². The van der Waals surface area contributed by atoms with Gasteiger partial charge in [-0.3, -0.25) is 0 Å². The third kappa shape index (κ3) is 3.26. The van der Waals surface area contributed by atoms with Crippen molar-refractivity contribution in [1.29, 1.82) is 0 Å². The van der Waals surface area contributed by atoms with Crippen molar-refractivity contribution in [3.05, 3.63) is 59.5 Å². The first-order valence-corrected chi connectivity index (χ1v) is 8.32. The molecule has 1 atom stereocenters. The van der Waals surface area contributed by atoms with Crippen LogP contribution in [0.15, 0.2) is 40.8 Å². The first kappa shape index (κ1) is 16.8. The molecule has 0 aliphatic rings. The molecule has 0 radical (unpaired) electrons. The summed E-state index contributed by atoms with van der Waals surface area (Å²) in [7, 11) is 0. The molecule has 0 bridgehead atoms. The van der Waals surface area contributed by atoms with Crippen molar-refractivity contribution in [2.45, 2.75) is 26.9 Å². The van der Waals surface area contributed by atoms with E-state index in [1.54, 1.807) is 6.92 Å². The Morgan fingerprint density at radius 1 is 1.15 bits per heavy atom. The Kier molecular flexibility index (Phi) is 4.11. The highest BCUT2D eigenvalue weighted by Crippen LogP contribution is 2.22. The van der Waals surface area contributed by atoms with E-state index in [4.69, 9.17) is 9.15 Å². The van der Waals surface area contributed by atoms with E-state index in [-0.39, 0.29) is 11.7 Å². The molecular formula is C18H16N6O3. The quantitative estimate of drug-likeness (QED) is 0.509. The summed E-state index contributed by atoms with van der Waals surface area (Å²) in [6.45, 7) is 5.35. The van der Waals surface area contributed by atoms with Crippen molar-refractivity contribution >= 4 is 11.7 Å². The van der Waals surface area contributed by atoms with Crippen LogP contribution in [0.25, 0.3) is 17.2 Å². The highest BCUT2D eigenvalue weighted by molar-refractivity contribution is 5.85. The van der Waals surface area contributed by atoms with Gasteiger partial charge in [-0.2, -0.15) is 4.98 Å². The fraction of sp³-hybridized carbons (Fsp3) is 0.222. The summed E-state index contributed by atoms with van der Waals surface area (Å²) in [6, 6.07) is 11.2. The number of aromatic nitrogens is 6. The number of rotatable bonds is 4. The zero-order valence-corrected chi connectivity index (χ0v) is 14.9. The van der Waals surface area contributed by atoms with E-state index in [2.05, 4.69) is 25.3 Å². The molecule has 0 amide bonds. The Morgan fingerprint density at radius 2 is 1.93 bits per heavy atom. The Labute approximate surface area is 154 Å². The van der Waals surface area contributed by atoms with Crippen LogP contribution in [0, 0.1) is 13.8 Å². The molecule has 1 aromatic carbocycles. The number of ether oxygens (including phenoxy) is 1. The number of benzene rings is 1. The largest absolute Gasteiger partial charge is 0.447 e. The van der Waals surface area contributed by atoms with Crippen LogP contribution in [-0.4, -0.2) is 35.7 Å². The molecule has 9 nitrogen and oxygen atoms in total. The maximum Gasteiger partial charge on any atom is 0.379 e. The molecule has 136 valence electrons. The maximum atomic E-state index is 12.4. The Hall–Kier alpha value is -3.62. The number of carbonyl (C=O) groups excluding carboxylic acids is 1. The fourth-order valence-electron chi connectivity index (χ4n) is 2.61. The lowest BCUT2D eigenvalue weighted by Gasteiger charge is -2.06. The topological polar surface area (TPSA) is 108 Å². The van der Waals surface area contributed by atoms with Gasteiger partial charge in [-0.1, -0.05) is 18.2 Å². The summed E-state index contributed by atoms with van der Waals surface area (Å²) in [6.07, 6.45) is -0.745. The van der Waals surface area contributed by atoms with E-state index < -0.39 is 12.1 Å². The highest BCUT2D eigenvalue weighted by Gasteiger charge is 2.23. The van der Waals surface area contributed by atoms with Crippen LogP contribution in [0.3, 0.4) is 0 Å². The summed E-state index contributed by atoms with van der Waals surface area (Å²) in [4.78, 5) is 20.8. The van der Waals surface area contributed by atoms with Gasteiger partial charge in [0, 0.05) is 17.0 Å². The highest BCUT2D eigenvalue weighted by atomic mass is 16.6. The molecular weight excluding hydrogens is 348 g/mol. The number of carbonyl (C=O) groups is 1. The fourth-order valence-corrected chi connectivity index (χ4v) is 2.61. The molecule has 3 aromatic heterocycles. The van der Waals surface area contributed by atoms with Gasteiger partial charge in [-0.25, -0.2) is 14.3 Å². The van der Waals surface area contributed by atoms with E-state index in [1.807, 2.05) is 50.2 Å². The molecule has 0 N–H and O–H groups in total. The second-order valence-corrected chi connectivity index (χ2v) is 6.05. The molecule has 0 saturated carbocycles. The summed E-state index contributed by atoms with van der Waals surface area (Å²) >= 11 is 0. The Bertz CT molecular complexity index is 1120. The Morgan fingerprint density at radius 3 is 2.70 bits per heavy atom. The standard InChI is InChI=1S/C18H16N6O3/c1-10-9-11(2)24-18(19-10)20-14(23-24)17(25)26-12(3)15-21-22-16(27-15)13-7-5-4-6-8-13/h4-9,12H,1-3H3/t12-/m1/s1. The van der Waals surface area contributed by atoms with Crippen LogP contribution >= 0.6 is 0 Å². The third-order valence-electron chi connectivity index (χ3n) is 3.89. The molecule has 4 aromatic rings. The molecule has 0 saturated heterocycles. The van der Waals surface area contributed by atoms with E-state index in [1.165, 1.54) is 4.52 Å². The number of aryl methyl sites for hydroxylation is 2. The first-order chi connectivity index (χ1) is 13.0. The smallest absolute Gasteiger partial charge is 0.379 e. The summed E-state index contributed by atoms with van der Waals surface area (Å²) in [5.41, 5.74) is 2.40. The van der Waals surface area contributed by atoms with Gasteiger partial charge in [-0.15, -0.1) is 15.3 Å². The van der Waals surface area contributed by atoms with Gasteiger partial charge in [0.05, 0.1) is 0 Å². The van der Waals surface area contributed by atoms with Crippen LogP contribution in [0.5, 0.6) is 0 Å². The van der Waals surface area contributed by atoms with E-state index in [9.17, 15) is 4.79 Å². The van der Waals surface area contributed by atoms with Crippen molar-refractivity contribution in [2.75, 3.05) is 0 Å². The summed E-state index contributed by atoms with van der Waals surface area (Å²) in [5, 5.41) is 12.1. The molecule has 0 aliphatic heterocycles. The Balaban J connectivity index is 1.53. The van der Waals surface area contributed by atoms with Crippen molar-refractivity contribution in [3.8, 4) is 11.5 Å². The van der Waals surface area contributed by atoms with Crippen LogP contribution in [-0.2, 0) is 4.74 Å². The number of fused-ring (bicyclic) bond motifs is 1. The summed E-state index contributed by atoms with van der Waals surface area (Å²) in [5.74, 6) is 0.123. The normalized spacial score (nSPS) is 12.3.